The number of benzene rings is 1. The van der Waals surface area contributed by atoms with Gasteiger partial charge in [0.15, 0.2) is 5.78 Å². The van der Waals surface area contributed by atoms with E-state index in [0.717, 1.165) is 16.2 Å². The first kappa shape index (κ1) is 13.7. The van der Waals surface area contributed by atoms with Gasteiger partial charge in [-0.05, 0) is 35.9 Å². The highest BCUT2D eigenvalue weighted by molar-refractivity contribution is 9.10. The number of halogens is 2. The van der Waals surface area contributed by atoms with Crippen molar-refractivity contribution in [3.63, 3.8) is 0 Å². The van der Waals surface area contributed by atoms with Crippen LogP contribution in [0, 0.1) is 5.82 Å². The van der Waals surface area contributed by atoms with Crippen molar-refractivity contribution in [1.82, 2.24) is 4.98 Å². The van der Waals surface area contributed by atoms with Gasteiger partial charge in [-0.25, -0.2) is 4.39 Å². The quantitative estimate of drug-likeness (QED) is 0.809. The van der Waals surface area contributed by atoms with Gasteiger partial charge in [-0.2, -0.15) is 0 Å². The van der Waals surface area contributed by atoms with E-state index in [4.69, 9.17) is 4.74 Å². The number of carbonyl (C=O) groups is 1. The predicted molar refractivity (Wildman–Crippen MR) is 72.9 cm³/mol. The highest BCUT2D eigenvalue weighted by Crippen LogP contribution is 2.23. The highest BCUT2D eigenvalue weighted by atomic mass is 79.9. The lowest BCUT2D eigenvalue weighted by atomic mass is 10.1. The zero-order chi connectivity index (χ0) is 13.8. The number of hydrogen-bond donors (Lipinski definition) is 0. The van der Waals surface area contributed by atoms with Gasteiger partial charge in [0.05, 0.1) is 13.3 Å². The molecule has 1 heterocycles. The number of pyridine rings is 1. The third kappa shape index (κ3) is 3.38. The Labute approximate surface area is 118 Å². The molecule has 0 amide bonds. The largest absolute Gasteiger partial charge is 0.497 e. The Morgan fingerprint density at radius 3 is 2.79 bits per heavy atom. The Bertz CT molecular complexity index is 599. The molecule has 0 aliphatic rings. The number of hydrogen-bond acceptors (Lipinski definition) is 3. The fraction of sp³-hybridized carbons (Fsp3) is 0.143. The first-order valence-electron chi connectivity index (χ1n) is 5.57. The monoisotopic (exact) mass is 323 g/mol. The fourth-order valence-electron chi connectivity index (χ4n) is 1.62. The molecule has 19 heavy (non-hydrogen) atoms. The van der Waals surface area contributed by atoms with Crippen LogP contribution in [0.15, 0.2) is 41.0 Å². The van der Waals surface area contributed by atoms with E-state index in [-0.39, 0.29) is 17.9 Å². The molecule has 1 aromatic carbocycles. The molecule has 3 nitrogen and oxygen atoms in total. The normalized spacial score (nSPS) is 10.3. The van der Waals surface area contributed by atoms with E-state index in [0.29, 0.717) is 5.75 Å². The summed E-state index contributed by atoms with van der Waals surface area (Å²) in [4.78, 5) is 15.8. The van der Waals surface area contributed by atoms with Gasteiger partial charge in [0.2, 0.25) is 0 Å². The second-order valence-corrected chi connectivity index (χ2v) is 4.77. The minimum Gasteiger partial charge on any atom is -0.497 e. The summed E-state index contributed by atoms with van der Waals surface area (Å²) < 4.78 is 18.7. The summed E-state index contributed by atoms with van der Waals surface area (Å²) in [5, 5.41) is 0. The second kappa shape index (κ2) is 5.93. The van der Waals surface area contributed by atoms with E-state index in [2.05, 4.69) is 20.9 Å². The van der Waals surface area contributed by atoms with Crippen LogP contribution in [0.25, 0.3) is 0 Å². The zero-order valence-corrected chi connectivity index (χ0v) is 11.8. The van der Waals surface area contributed by atoms with Gasteiger partial charge in [-0.1, -0.05) is 15.9 Å². The van der Waals surface area contributed by atoms with E-state index in [9.17, 15) is 9.18 Å². The van der Waals surface area contributed by atoms with Crippen molar-refractivity contribution in [2.24, 2.45) is 0 Å². The maximum atomic E-state index is 12.7. The average Bonchev–Trinajstić information content (AvgIpc) is 2.42. The summed E-state index contributed by atoms with van der Waals surface area (Å²) in [5.41, 5.74) is 1.05. The molecule has 0 unspecified atom stereocenters. The predicted octanol–water partition coefficient (Wildman–Crippen LogP) is 3.42. The van der Waals surface area contributed by atoms with Gasteiger partial charge >= 0.3 is 0 Å². The van der Waals surface area contributed by atoms with Gasteiger partial charge in [-0.3, -0.25) is 9.78 Å². The third-order valence-corrected chi connectivity index (χ3v) is 3.39. The zero-order valence-electron chi connectivity index (χ0n) is 10.2. The molecule has 0 N–H and O–H groups in total. The van der Waals surface area contributed by atoms with Crippen LogP contribution in [0.5, 0.6) is 5.75 Å². The van der Waals surface area contributed by atoms with Crippen molar-refractivity contribution >= 4 is 21.7 Å². The molecule has 0 aliphatic heterocycles. The van der Waals surface area contributed by atoms with Crippen LogP contribution in [0.1, 0.15) is 16.1 Å². The van der Waals surface area contributed by atoms with Crippen LogP contribution in [0.2, 0.25) is 0 Å². The Kier molecular flexibility index (Phi) is 4.27. The molecule has 2 rings (SSSR count). The molecule has 0 spiro atoms. The van der Waals surface area contributed by atoms with E-state index in [1.165, 1.54) is 12.1 Å². The van der Waals surface area contributed by atoms with Crippen LogP contribution in [-0.2, 0) is 6.42 Å². The molecule has 0 atom stereocenters. The SMILES string of the molecule is COc1ccc(Br)c(CC(=O)c2ccc(F)cn2)c1. The number of Topliss-reactive ketones (excluding diaryl/α,β-unsaturated/α-hetero) is 1. The molecule has 0 saturated heterocycles. The summed E-state index contributed by atoms with van der Waals surface area (Å²) in [7, 11) is 1.57. The molecule has 0 radical (unpaired) electrons. The van der Waals surface area contributed by atoms with Gasteiger partial charge in [-0.15, -0.1) is 0 Å². The number of aromatic nitrogens is 1. The van der Waals surface area contributed by atoms with Crippen LogP contribution in [0.4, 0.5) is 4.39 Å². The lowest BCUT2D eigenvalue weighted by Gasteiger charge is -2.06. The Morgan fingerprint density at radius 2 is 2.16 bits per heavy atom. The van der Waals surface area contributed by atoms with E-state index < -0.39 is 5.82 Å². The molecule has 5 heteroatoms. The van der Waals surface area contributed by atoms with Crippen molar-refractivity contribution in [3.05, 3.63) is 58.1 Å². The average molecular weight is 324 g/mol. The summed E-state index contributed by atoms with van der Waals surface area (Å²) in [6, 6.07) is 8.01. The molecular formula is C14H11BrFNO2. The number of rotatable bonds is 4. The lowest BCUT2D eigenvalue weighted by Crippen LogP contribution is -2.06. The number of ether oxygens (including phenoxy) is 1. The number of carbonyl (C=O) groups excluding carboxylic acids is 1. The minimum absolute atomic E-state index is 0.172. The minimum atomic E-state index is -0.459. The fourth-order valence-corrected chi connectivity index (χ4v) is 2.00. The van der Waals surface area contributed by atoms with Crippen LogP contribution in [0.3, 0.4) is 0 Å². The molecule has 0 aliphatic carbocycles. The Hall–Kier alpha value is -1.75. The van der Waals surface area contributed by atoms with Gasteiger partial charge < -0.3 is 4.74 Å². The van der Waals surface area contributed by atoms with Gasteiger partial charge in [0.1, 0.15) is 17.3 Å². The smallest absolute Gasteiger partial charge is 0.185 e. The molecule has 0 saturated carbocycles. The molecule has 2 aromatic rings. The molecular weight excluding hydrogens is 313 g/mol. The van der Waals surface area contributed by atoms with Crippen molar-refractivity contribution in [1.29, 1.82) is 0 Å². The lowest BCUT2D eigenvalue weighted by molar-refractivity contribution is 0.0988. The number of methoxy groups -OCH3 is 1. The second-order valence-electron chi connectivity index (χ2n) is 3.92. The Morgan fingerprint density at radius 1 is 1.37 bits per heavy atom. The van der Waals surface area contributed by atoms with Crippen molar-refractivity contribution in [2.75, 3.05) is 7.11 Å². The highest BCUT2D eigenvalue weighted by Gasteiger charge is 2.11. The summed E-state index contributed by atoms with van der Waals surface area (Å²) in [6.45, 7) is 0. The van der Waals surface area contributed by atoms with Crippen molar-refractivity contribution < 1.29 is 13.9 Å². The summed E-state index contributed by atoms with van der Waals surface area (Å²) >= 11 is 3.38. The van der Waals surface area contributed by atoms with Crippen molar-refractivity contribution in [3.8, 4) is 5.75 Å². The molecule has 1 aromatic heterocycles. The molecule has 0 bridgehead atoms. The van der Waals surface area contributed by atoms with Crippen LogP contribution < -0.4 is 4.74 Å². The van der Waals surface area contributed by atoms with E-state index >= 15 is 0 Å². The first-order chi connectivity index (χ1) is 9.10. The standard InChI is InChI=1S/C14H11BrFNO2/c1-19-11-3-4-12(15)9(6-11)7-14(18)13-5-2-10(16)8-17-13/h2-6,8H,7H2,1H3. The van der Waals surface area contributed by atoms with Gasteiger partial charge in [0, 0.05) is 10.9 Å². The maximum absolute atomic E-state index is 12.7. The Balaban J connectivity index is 2.21. The summed E-state index contributed by atoms with van der Waals surface area (Å²) in [5.74, 6) is 0.0473. The first-order valence-corrected chi connectivity index (χ1v) is 6.36. The maximum Gasteiger partial charge on any atom is 0.185 e. The molecule has 0 fully saturated rings. The number of ketones is 1. The van der Waals surface area contributed by atoms with Crippen LogP contribution >= 0.6 is 15.9 Å². The van der Waals surface area contributed by atoms with E-state index in [1.807, 2.05) is 6.07 Å². The van der Waals surface area contributed by atoms with Gasteiger partial charge in [0.25, 0.3) is 0 Å². The molecule has 98 valence electrons. The topological polar surface area (TPSA) is 39.2 Å². The third-order valence-electron chi connectivity index (χ3n) is 2.62. The van der Waals surface area contributed by atoms with E-state index in [1.54, 1.807) is 19.2 Å². The van der Waals surface area contributed by atoms with Crippen molar-refractivity contribution in [2.45, 2.75) is 6.42 Å². The number of nitrogens with zero attached hydrogens (tertiary/aromatic N) is 1. The van der Waals surface area contributed by atoms with Crippen LogP contribution in [-0.4, -0.2) is 17.9 Å². The summed E-state index contributed by atoms with van der Waals surface area (Å²) in [6.07, 6.45) is 1.21.